The van der Waals surface area contributed by atoms with Crippen LogP contribution in [0.5, 0.6) is 0 Å². The monoisotopic (exact) mass is 275 g/mol. The number of amides is 1. The number of hydrogen-bond donors (Lipinski definition) is 2. The van der Waals surface area contributed by atoms with Crippen LogP contribution in [0.25, 0.3) is 0 Å². The summed E-state index contributed by atoms with van der Waals surface area (Å²) in [7, 11) is 0. The van der Waals surface area contributed by atoms with Gasteiger partial charge in [-0.2, -0.15) is 0 Å². The molecule has 0 saturated heterocycles. The summed E-state index contributed by atoms with van der Waals surface area (Å²) in [6.07, 6.45) is 6.73. The van der Waals surface area contributed by atoms with E-state index in [1.54, 1.807) is 18.2 Å². The summed E-state index contributed by atoms with van der Waals surface area (Å²) in [6, 6.07) is 6.42. The van der Waals surface area contributed by atoms with E-state index in [0.717, 1.165) is 19.3 Å². The third-order valence-corrected chi connectivity index (χ3v) is 3.03. The number of carboxylic acid groups (broad SMARTS) is 1. The van der Waals surface area contributed by atoms with Crippen LogP contribution in [0.4, 0.5) is 5.69 Å². The van der Waals surface area contributed by atoms with Crippen molar-refractivity contribution in [3.8, 4) is 0 Å². The van der Waals surface area contributed by atoms with Gasteiger partial charge in [0.25, 0.3) is 0 Å². The Hall–Kier alpha value is -2.10. The first kappa shape index (κ1) is 16.0. The summed E-state index contributed by atoms with van der Waals surface area (Å²) >= 11 is 0. The molecule has 1 unspecified atom stereocenters. The summed E-state index contributed by atoms with van der Waals surface area (Å²) in [6.45, 7) is 3.91. The average molecular weight is 275 g/mol. The Morgan fingerprint density at radius 1 is 1.30 bits per heavy atom. The van der Waals surface area contributed by atoms with E-state index in [-0.39, 0.29) is 17.4 Å². The molecule has 1 aromatic carbocycles. The van der Waals surface area contributed by atoms with Crippen molar-refractivity contribution in [1.29, 1.82) is 0 Å². The molecule has 1 aromatic rings. The molecule has 0 aliphatic carbocycles. The number of benzene rings is 1. The highest BCUT2D eigenvalue weighted by Crippen LogP contribution is 2.17. The summed E-state index contributed by atoms with van der Waals surface area (Å²) < 4.78 is 0. The number of hydrogen-bond acceptors (Lipinski definition) is 2. The second-order valence-corrected chi connectivity index (χ2v) is 4.70. The van der Waals surface area contributed by atoms with Crippen LogP contribution in [0.15, 0.2) is 36.4 Å². The lowest BCUT2D eigenvalue weighted by molar-refractivity contribution is -0.119. The maximum absolute atomic E-state index is 12.0. The Balaban J connectivity index is 2.62. The summed E-state index contributed by atoms with van der Waals surface area (Å²) in [5.41, 5.74) is 0.458. The first-order chi connectivity index (χ1) is 9.56. The number of carbonyl (C=O) groups is 2. The smallest absolute Gasteiger partial charge is 0.337 e. The molecule has 0 aliphatic rings. The second kappa shape index (κ2) is 8.15. The maximum Gasteiger partial charge on any atom is 0.337 e. The molecule has 0 saturated carbocycles. The minimum absolute atomic E-state index is 0.110. The Morgan fingerprint density at radius 3 is 2.65 bits per heavy atom. The Bertz CT molecular complexity index is 494. The average Bonchev–Trinajstić information content (AvgIpc) is 2.43. The molecule has 2 N–H and O–H groups in total. The molecule has 4 nitrogen and oxygen atoms in total. The maximum atomic E-state index is 12.0. The number of nitrogens with one attached hydrogen (secondary N) is 1. The van der Waals surface area contributed by atoms with Gasteiger partial charge in [-0.1, -0.05) is 38.1 Å². The van der Waals surface area contributed by atoms with Gasteiger partial charge in [0.15, 0.2) is 0 Å². The predicted molar refractivity (Wildman–Crippen MR) is 79.9 cm³/mol. The zero-order chi connectivity index (χ0) is 15.0. The van der Waals surface area contributed by atoms with Crippen molar-refractivity contribution in [1.82, 2.24) is 0 Å². The zero-order valence-electron chi connectivity index (χ0n) is 11.9. The molecular weight excluding hydrogens is 254 g/mol. The van der Waals surface area contributed by atoms with Crippen molar-refractivity contribution in [3.05, 3.63) is 42.0 Å². The van der Waals surface area contributed by atoms with Crippen LogP contribution < -0.4 is 5.32 Å². The standard InChI is InChI=1S/C16H21NO3/c1-3-4-5-6-9-12(2)15(18)17-14-11-8-7-10-13(14)16(19)20/h4-5,7-8,10-12H,3,6,9H2,1-2H3,(H,17,18)(H,19,20). The third kappa shape index (κ3) is 4.88. The molecule has 4 heteroatoms. The second-order valence-electron chi connectivity index (χ2n) is 4.70. The lowest BCUT2D eigenvalue weighted by atomic mass is 10.0. The van der Waals surface area contributed by atoms with Crippen molar-refractivity contribution >= 4 is 17.6 Å². The molecule has 20 heavy (non-hydrogen) atoms. The Morgan fingerprint density at radius 2 is 2.00 bits per heavy atom. The van der Waals surface area contributed by atoms with E-state index in [9.17, 15) is 9.59 Å². The molecule has 0 fully saturated rings. The van der Waals surface area contributed by atoms with Gasteiger partial charge < -0.3 is 10.4 Å². The number of allylic oxidation sites excluding steroid dienone is 2. The van der Waals surface area contributed by atoms with Crippen LogP contribution in [-0.4, -0.2) is 17.0 Å². The first-order valence-corrected chi connectivity index (χ1v) is 6.84. The molecule has 108 valence electrons. The van der Waals surface area contributed by atoms with E-state index in [4.69, 9.17) is 5.11 Å². The quantitative estimate of drug-likeness (QED) is 0.745. The van der Waals surface area contributed by atoms with Gasteiger partial charge in [-0.25, -0.2) is 4.79 Å². The zero-order valence-corrected chi connectivity index (χ0v) is 11.9. The van der Waals surface area contributed by atoms with Crippen LogP contribution in [0, 0.1) is 5.92 Å². The minimum atomic E-state index is -1.04. The Kier molecular flexibility index (Phi) is 6.50. The topological polar surface area (TPSA) is 66.4 Å². The summed E-state index contributed by atoms with van der Waals surface area (Å²) in [4.78, 5) is 23.1. The van der Waals surface area contributed by atoms with Crippen LogP contribution in [0.3, 0.4) is 0 Å². The highest BCUT2D eigenvalue weighted by Gasteiger charge is 2.15. The van der Waals surface area contributed by atoms with E-state index in [1.807, 2.05) is 6.92 Å². The van der Waals surface area contributed by atoms with E-state index in [0.29, 0.717) is 5.69 Å². The number of carboxylic acids is 1. The van der Waals surface area contributed by atoms with Gasteiger partial charge in [-0.15, -0.1) is 0 Å². The fraction of sp³-hybridized carbons (Fsp3) is 0.375. The van der Waals surface area contributed by atoms with Crippen molar-refractivity contribution < 1.29 is 14.7 Å². The van der Waals surface area contributed by atoms with Gasteiger partial charge in [-0.05, 0) is 31.4 Å². The minimum Gasteiger partial charge on any atom is -0.478 e. The van der Waals surface area contributed by atoms with Gasteiger partial charge in [0.2, 0.25) is 5.91 Å². The number of rotatable bonds is 7. The molecule has 0 bridgehead atoms. The third-order valence-electron chi connectivity index (χ3n) is 3.03. The first-order valence-electron chi connectivity index (χ1n) is 6.84. The van der Waals surface area contributed by atoms with Gasteiger partial charge >= 0.3 is 5.97 Å². The van der Waals surface area contributed by atoms with Crippen LogP contribution in [0.2, 0.25) is 0 Å². The van der Waals surface area contributed by atoms with Crippen LogP contribution >= 0.6 is 0 Å². The Labute approximate surface area is 119 Å². The van der Waals surface area contributed by atoms with Crippen molar-refractivity contribution in [3.63, 3.8) is 0 Å². The van der Waals surface area contributed by atoms with E-state index >= 15 is 0 Å². The van der Waals surface area contributed by atoms with Crippen molar-refractivity contribution in [2.24, 2.45) is 5.92 Å². The summed E-state index contributed by atoms with van der Waals surface area (Å²) in [5.74, 6) is -1.35. The van der Waals surface area contributed by atoms with Crippen molar-refractivity contribution in [2.45, 2.75) is 33.1 Å². The number of anilines is 1. The van der Waals surface area contributed by atoms with Crippen LogP contribution in [-0.2, 0) is 4.79 Å². The molecular formula is C16H21NO3. The molecule has 0 spiro atoms. The van der Waals surface area contributed by atoms with Crippen LogP contribution in [0.1, 0.15) is 43.5 Å². The van der Waals surface area contributed by atoms with Gasteiger partial charge in [-0.3, -0.25) is 4.79 Å². The SMILES string of the molecule is CCC=CCCC(C)C(=O)Nc1ccccc1C(=O)O. The molecule has 1 amide bonds. The highest BCUT2D eigenvalue weighted by molar-refractivity contribution is 6.01. The van der Waals surface area contributed by atoms with Crippen molar-refractivity contribution in [2.75, 3.05) is 5.32 Å². The van der Waals surface area contributed by atoms with E-state index in [2.05, 4.69) is 24.4 Å². The van der Waals surface area contributed by atoms with E-state index < -0.39 is 5.97 Å². The predicted octanol–water partition coefficient (Wildman–Crippen LogP) is 3.71. The molecule has 0 radical (unpaired) electrons. The molecule has 0 aliphatic heterocycles. The lowest BCUT2D eigenvalue weighted by Crippen LogP contribution is -2.21. The van der Waals surface area contributed by atoms with Gasteiger partial charge in [0, 0.05) is 5.92 Å². The highest BCUT2D eigenvalue weighted by atomic mass is 16.4. The largest absolute Gasteiger partial charge is 0.478 e. The number of para-hydroxylation sites is 1. The fourth-order valence-corrected chi connectivity index (χ4v) is 1.80. The lowest BCUT2D eigenvalue weighted by Gasteiger charge is -2.12. The fourth-order valence-electron chi connectivity index (χ4n) is 1.80. The normalized spacial score (nSPS) is 12.3. The van der Waals surface area contributed by atoms with Gasteiger partial charge in [0.1, 0.15) is 0 Å². The van der Waals surface area contributed by atoms with Gasteiger partial charge in [0.05, 0.1) is 11.3 Å². The molecule has 0 heterocycles. The van der Waals surface area contributed by atoms with E-state index in [1.165, 1.54) is 6.07 Å². The molecule has 1 rings (SSSR count). The molecule has 1 atom stereocenters. The summed E-state index contributed by atoms with van der Waals surface area (Å²) in [5, 5.41) is 11.7. The number of carbonyl (C=O) groups excluding carboxylic acids is 1. The number of aromatic carboxylic acids is 1. The molecule has 0 aromatic heterocycles.